The molecule has 1 amide bonds. The van der Waals surface area contributed by atoms with E-state index in [1.165, 1.54) is 29.9 Å². The number of nitrogens with one attached hydrogen (secondary N) is 3. The maximum atomic E-state index is 11.8. The summed E-state index contributed by atoms with van der Waals surface area (Å²) in [5.74, 6) is 2.10. The number of guanidine groups is 1. The molecule has 0 aromatic carbocycles. The molecule has 5 nitrogen and oxygen atoms in total. The van der Waals surface area contributed by atoms with Gasteiger partial charge in [0.15, 0.2) is 5.96 Å². The van der Waals surface area contributed by atoms with Gasteiger partial charge in [0.05, 0.1) is 4.88 Å². The summed E-state index contributed by atoms with van der Waals surface area (Å²) in [5.41, 5.74) is 0. The normalized spacial score (nSPS) is 20.3. The summed E-state index contributed by atoms with van der Waals surface area (Å²) >= 11 is 3.50. The SMILES string of the molecule is CN=C(NCCCNC(=O)c1cccs1)NCC1(C)CCCS1.I. The zero-order chi connectivity index (χ0) is 16.5. The standard InChI is InChI=1S/C16H26N4OS2.HI/c1-16(7-4-11-23-16)12-20-15(17-2)19-9-5-8-18-14(21)13-6-3-10-22-13;/h3,6,10H,4-5,7-9,11-12H2,1-2H3,(H,18,21)(H2,17,19,20);1H. The van der Waals surface area contributed by atoms with Crippen molar-refractivity contribution in [2.75, 3.05) is 32.4 Å². The zero-order valence-electron chi connectivity index (χ0n) is 14.3. The van der Waals surface area contributed by atoms with Crippen LogP contribution in [0.4, 0.5) is 0 Å². The van der Waals surface area contributed by atoms with Crippen LogP contribution in [0.1, 0.15) is 35.9 Å². The third-order valence-electron chi connectivity index (χ3n) is 3.83. The van der Waals surface area contributed by atoms with Crippen LogP contribution >= 0.6 is 47.1 Å². The number of hydrogen-bond donors (Lipinski definition) is 3. The molecule has 0 aliphatic carbocycles. The van der Waals surface area contributed by atoms with Crippen LogP contribution in [-0.2, 0) is 0 Å². The predicted molar refractivity (Wildman–Crippen MR) is 116 cm³/mol. The van der Waals surface area contributed by atoms with Crippen molar-refractivity contribution in [3.63, 3.8) is 0 Å². The molecule has 1 unspecified atom stereocenters. The summed E-state index contributed by atoms with van der Waals surface area (Å²) in [6, 6.07) is 3.73. The van der Waals surface area contributed by atoms with E-state index >= 15 is 0 Å². The molecule has 1 atom stereocenters. The quantitative estimate of drug-likeness (QED) is 0.242. The highest BCUT2D eigenvalue weighted by molar-refractivity contribution is 14.0. The highest BCUT2D eigenvalue weighted by Gasteiger charge is 2.29. The van der Waals surface area contributed by atoms with Crippen molar-refractivity contribution in [2.24, 2.45) is 4.99 Å². The first-order valence-corrected chi connectivity index (χ1v) is 9.90. The van der Waals surface area contributed by atoms with Crippen molar-refractivity contribution in [2.45, 2.75) is 30.9 Å². The highest BCUT2D eigenvalue weighted by atomic mass is 127. The van der Waals surface area contributed by atoms with E-state index in [0.29, 0.717) is 11.3 Å². The van der Waals surface area contributed by atoms with Crippen molar-refractivity contribution in [3.8, 4) is 0 Å². The van der Waals surface area contributed by atoms with Gasteiger partial charge in [-0.05, 0) is 43.4 Å². The molecule has 3 N–H and O–H groups in total. The van der Waals surface area contributed by atoms with Gasteiger partial charge in [0.2, 0.25) is 0 Å². The summed E-state index contributed by atoms with van der Waals surface area (Å²) in [5, 5.41) is 11.5. The molecule has 136 valence electrons. The summed E-state index contributed by atoms with van der Waals surface area (Å²) in [7, 11) is 1.79. The van der Waals surface area contributed by atoms with Crippen molar-refractivity contribution >= 4 is 58.9 Å². The van der Waals surface area contributed by atoms with Gasteiger partial charge in [-0.3, -0.25) is 9.79 Å². The number of hydrogen-bond acceptors (Lipinski definition) is 4. The second-order valence-electron chi connectivity index (χ2n) is 5.84. The Morgan fingerprint density at radius 3 is 2.75 bits per heavy atom. The van der Waals surface area contributed by atoms with E-state index in [4.69, 9.17) is 0 Å². The van der Waals surface area contributed by atoms with Crippen LogP contribution in [0, 0.1) is 0 Å². The number of nitrogens with zero attached hydrogens (tertiary/aromatic N) is 1. The largest absolute Gasteiger partial charge is 0.356 e. The fourth-order valence-corrected chi connectivity index (χ4v) is 4.34. The molecule has 1 aromatic rings. The number of aliphatic imine (C=N–C) groups is 1. The van der Waals surface area contributed by atoms with E-state index in [0.717, 1.165) is 30.3 Å². The fraction of sp³-hybridized carbons (Fsp3) is 0.625. The molecule has 8 heteroatoms. The Hall–Kier alpha value is -0.480. The van der Waals surface area contributed by atoms with Gasteiger partial charge < -0.3 is 16.0 Å². The number of thioether (sulfide) groups is 1. The van der Waals surface area contributed by atoms with Gasteiger partial charge in [-0.25, -0.2) is 0 Å². The second-order valence-corrected chi connectivity index (χ2v) is 8.47. The Labute approximate surface area is 169 Å². The molecule has 1 aromatic heterocycles. The van der Waals surface area contributed by atoms with Crippen LogP contribution in [0.2, 0.25) is 0 Å². The molecule has 0 spiro atoms. The molecule has 2 rings (SSSR count). The lowest BCUT2D eigenvalue weighted by atomic mass is 10.1. The van der Waals surface area contributed by atoms with Gasteiger partial charge >= 0.3 is 0 Å². The first-order chi connectivity index (χ1) is 11.1. The van der Waals surface area contributed by atoms with Crippen LogP contribution in [0.3, 0.4) is 0 Å². The highest BCUT2D eigenvalue weighted by Crippen LogP contribution is 2.36. The minimum Gasteiger partial charge on any atom is -0.356 e. The van der Waals surface area contributed by atoms with E-state index in [1.54, 1.807) is 7.05 Å². The summed E-state index contributed by atoms with van der Waals surface area (Å²) in [6.07, 6.45) is 3.43. The molecule has 1 fully saturated rings. The Balaban J connectivity index is 0.00000288. The molecular weight excluding hydrogens is 455 g/mol. The van der Waals surface area contributed by atoms with Crippen LogP contribution in [0.25, 0.3) is 0 Å². The lowest BCUT2D eigenvalue weighted by Crippen LogP contribution is -2.44. The van der Waals surface area contributed by atoms with Crippen LogP contribution < -0.4 is 16.0 Å². The van der Waals surface area contributed by atoms with Crippen LogP contribution in [0.15, 0.2) is 22.5 Å². The summed E-state index contributed by atoms with van der Waals surface area (Å²) < 4.78 is 0.326. The van der Waals surface area contributed by atoms with Crippen molar-refractivity contribution < 1.29 is 4.79 Å². The Kier molecular flexibility index (Phi) is 10.1. The molecule has 1 aliphatic heterocycles. The second kappa shape index (κ2) is 11.2. The third kappa shape index (κ3) is 7.18. The van der Waals surface area contributed by atoms with E-state index in [1.807, 2.05) is 29.3 Å². The number of halogens is 1. The number of carbonyl (C=O) groups excluding carboxylic acids is 1. The predicted octanol–water partition coefficient (Wildman–Crippen LogP) is 2.94. The monoisotopic (exact) mass is 482 g/mol. The smallest absolute Gasteiger partial charge is 0.261 e. The van der Waals surface area contributed by atoms with Gasteiger partial charge in [0.25, 0.3) is 5.91 Å². The Morgan fingerprint density at radius 1 is 1.33 bits per heavy atom. The average molecular weight is 482 g/mol. The lowest BCUT2D eigenvalue weighted by molar-refractivity contribution is 0.0957. The van der Waals surface area contributed by atoms with Gasteiger partial charge in [-0.15, -0.1) is 35.3 Å². The average Bonchev–Trinajstić information content (AvgIpc) is 3.22. The summed E-state index contributed by atoms with van der Waals surface area (Å²) in [6.45, 7) is 4.69. The lowest BCUT2D eigenvalue weighted by Gasteiger charge is -2.24. The maximum absolute atomic E-state index is 11.8. The molecule has 0 bridgehead atoms. The number of amides is 1. The van der Waals surface area contributed by atoms with Gasteiger partial charge in [0.1, 0.15) is 0 Å². The maximum Gasteiger partial charge on any atom is 0.261 e. The Morgan fingerprint density at radius 2 is 2.12 bits per heavy atom. The van der Waals surface area contributed by atoms with E-state index in [2.05, 4.69) is 27.9 Å². The van der Waals surface area contributed by atoms with Crippen LogP contribution in [0.5, 0.6) is 0 Å². The van der Waals surface area contributed by atoms with Gasteiger partial charge in [0, 0.05) is 31.4 Å². The third-order valence-corrected chi connectivity index (χ3v) is 6.24. The number of carbonyl (C=O) groups is 1. The van der Waals surface area contributed by atoms with E-state index in [-0.39, 0.29) is 29.9 Å². The van der Waals surface area contributed by atoms with Crippen molar-refractivity contribution in [1.29, 1.82) is 0 Å². The summed E-state index contributed by atoms with van der Waals surface area (Å²) in [4.78, 5) is 16.8. The molecule has 24 heavy (non-hydrogen) atoms. The first-order valence-electron chi connectivity index (χ1n) is 8.03. The minimum absolute atomic E-state index is 0. The van der Waals surface area contributed by atoms with E-state index < -0.39 is 0 Å². The number of rotatable bonds is 7. The molecule has 0 radical (unpaired) electrons. The molecule has 0 saturated carbocycles. The zero-order valence-corrected chi connectivity index (χ0v) is 18.2. The minimum atomic E-state index is 0. The first kappa shape index (κ1) is 21.6. The molecular formula is C16H27IN4OS2. The Bertz CT molecular complexity index is 516. The van der Waals surface area contributed by atoms with Crippen molar-refractivity contribution in [1.82, 2.24) is 16.0 Å². The number of thiophene rings is 1. The molecule has 1 saturated heterocycles. The fourth-order valence-electron chi connectivity index (χ4n) is 2.46. The van der Waals surface area contributed by atoms with Gasteiger partial charge in [-0.1, -0.05) is 6.07 Å². The van der Waals surface area contributed by atoms with Crippen LogP contribution in [-0.4, -0.2) is 49.0 Å². The van der Waals surface area contributed by atoms with Gasteiger partial charge in [-0.2, -0.15) is 11.8 Å². The molecule has 1 aliphatic rings. The topological polar surface area (TPSA) is 65.5 Å². The molecule has 2 heterocycles. The van der Waals surface area contributed by atoms with Crippen molar-refractivity contribution in [3.05, 3.63) is 22.4 Å². The van der Waals surface area contributed by atoms with E-state index in [9.17, 15) is 4.79 Å².